The molecule has 0 N–H and O–H groups in total. The average Bonchev–Trinajstić information content (AvgIpc) is 2.85. The summed E-state index contributed by atoms with van der Waals surface area (Å²) in [5, 5.41) is 8.54. The van der Waals surface area contributed by atoms with Crippen molar-refractivity contribution in [2.45, 2.75) is 17.9 Å². The lowest BCUT2D eigenvalue weighted by atomic mass is 10.2. The van der Waals surface area contributed by atoms with Gasteiger partial charge in [-0.15, -0.1) is 10.2 Å². The summed E-state index contributed by atoms with van der Waals surface area (Å²) in [5.41, 5.74) is 1.15. The Balaban J connectivity index is 1.73. The Labute approximate surface area is 121 Å². The summed E-state index contributed by atoms with van der Waals surface area (Å²) in [5.74, 6) is 3.15. The molecule has 0 radical (unpaired) electrons. The third-order valence-corrected chi connectivity index (χ3v) is 3.69. The van der Waals surface area contributed by atoms with Gasteiger partial charge in [0, 0.05) is 5.75 Å². The first-order valence-electron chi connectivity index (χ1n) is 5.92. The number of hydrogen-bond donors (Lipinski definition) is 0. The third-order valence-electron chi connectivity index (χ3n) is 2.38. The Morgan fingerprint density at radius 2 is 2.11 bits per heavy atom. The number of hydrogen-bond acceptors (Lipinski definition) is 6. The van der Waals surface area contributed by atoms with Crippen molar-refractivity contribution in [3.05, 3.63) is 35.7 Å². The van der Waals surface area contributed by atoms with E-state index in [1.165, 1.54) is 11.8 Å². The molecule has 2 aromatic rings. The SMILES string of the molecule is CSCc1nnc(SCCOc2ccccc2C)o1. The van der Waals surface area contributed by atoms with E-state index in [0.717, 1.165) is 22.8 Å². The van der Waals surface area contributed by atoms with Crippen LogP contribution in [0.25, 0.3) is 0 Å². The van der Waals surface area contributed by atoms with Crippen molar-refractivity contribution in [3.8, 4) is 5.75 Å². The van der Waals surface area contributed by atoms with Crippen molar-refractivity contribution in [3.63, 3.8) is 0 Å². The van der Waals surface area contributed by atoms with Gasteiger partial charge in [0.15, 0.2) is 0 Å². The van der Waals surface area contributed by atoms with Gasteiger partial charge in [0.1, 0.15) is 5.75 Å². The first-order valence-corrected chi connectivity index (χ1v) is 8.30. The summed E-state index contributed by atoms with van der Waals surface area (Å²) in [6, 6.07) is 7.99. The number of para-hydroxylation sites is 1. The number of thioether (sulfide) groups is 2. The Kier molecular flexibility index (Phi) is 5.60. The molecule has 0 aliphatic heterocycles. The Morgan fingerprint density at radius 1 is 1.26 bits per heavy atom. The van der Waals surface area contributed by atoms with E-state index in [0.29, 0.717) is 17.7 Å². The molecule has 1 heterocycles. The lowest BCUT2D eigenvalue weighted by Gasteiger charge is -2.07. The van der Waals surface area contributed by atoms with Crippen LogP contribution in [0.4, 0.5) is 0 Å². The summed E-state index contributed by atoms with van der Waals surface area (Å²) in [4.78, 5) is 0. The second-order valence-corrected chi connectivity index (χ2v) is 5.77. The average molecular weight is 296 g/mol. The molecule has 0 spiro atoms. The van der Waals surface area contributed by atoms with Gasteiger partial charge in [0.25, 0.3) is 5.22 Å². The number of benzene rings is 1. The smallest absolute Gasteiger partial charge is 0.276 e. The molecule has 0 unspecified atom stereocenters. The van der Waals surface area contributed by atoms with Crippen molar-refractivity contribution >= 4 is 23.5 Å². The van der Waals surface area contributed by atoms with E-state index in [1.807, 2.05) is 37.4 Å². The Morgan fingerprint density at radius 3 is 2.89 bits per heavy atom. The topological polar surface area (TPSA) is 48.2 Å². The van der Waals surface area contributed by atoms with Crippen LogP contribution in [0.5, 0.6) is 5.75 Å². The molecule has 0 bridgehead atoms. The van der Waals surface area contributed by atoms with Crippen LogP contribution < -0.4 is 4.74 Å². The summed E-state index contributed by atoms with van der Waals surface area (Å²) >= 11 is 3.18. The van der Waals surface area contributed by atoms with Gasteiger partial charge in [0.05, 0.1) is 12.4 Å². The minimum absolute atomic E-state index is 0.609. The van der Waals surface area contributed by atoms with Gasteiger partial charge in [-0.3, -0.25) is 0 Å². The predicted molar refractivity (Wildman–Crippen MR) is 78.9 cm³/mol. The Hall–Kier alpha value is -1.14. The molecule has 102 valence electrons. The third kappa shape index (κ3) is 4.47. The Bertz CT molecular complexity index is 517. The number of rotatable bonds is 7. The van der Waals surface area contributed by atoms with E-state index in [4.69, 9.17) is 9.15 Å². The molecule has 0 atom stereocenters. The second kappa shape index (κ2) is 7.45. The molecule has 19 heavy (non-hydrogen) atoms. The molecule has 0 saturated heterocycles. The zero-order valence-corrected chi connectivity index (χ0v) is 12.6. The first-order chi connectivity index (χ1) is 9.29. The zero-order chi connectivity index (χ0) is 13.5. The predicted octanol–water partition coefficient (Wildman–Crippen LogP) is 3.41. The molecule has 6 heteroatoms. The van der Waals surface area contributed by atoms with Gasteiger partial charge >= 0.3 is 0 Å². The molecule has 4 nitrogen and oxygen atoms in total. The van der Waals surface area contributed by atoms with E-state index in [9.17, 15) is 0 Å². The first kappa shape index (κ1) is 14.3. The van der Waals surface area contributed by atoms with Crippen molar-refractivity contribution in [1.29, 1.82) is 0 Å². The van der Waals surface area contributed by atoms with Gasteiger partial charge in [0.2, 0.25) is 5.89 Å². The quantitative estimate of drug-likeness (QED) is 0.576. The van der Waals surface area contributed by atoms with E-state index in [-0.39, 0.29) is 0 Å². The number of aromatic nitrogens is 2. The maximum absolute atomic E-state index is 5.70. The van der Waals surface area contributed by atoms with Crippen LogP contribution in [0.3, 0.4) is 0 Å². The fourth-order valence-corrected chi connectivity index (χ4v) is 2.44. The molecule has 1 aromatic heterocycles. The minimum Gasteiger partial charge on any atom is -0.492 e. The normalized spacial score (nSPS) is 10.6. The molecule has 0 fully saturated rings. The van der Waals surface area contributed by atoms with Crippen LogP contribution in [0, 0.1) is 6.92 Å². The van der Waals surface area contributed by atoms with Crippen LogP contribution >= 0.6 is 23.5 Å². The van der Waals surface area contributed by atoms with Crippen molar-refractivity contribution in [2.75, 3.05) is 18.6 Å². The largest absolute Gasteiger partial charge is 0.492 e. The van der Waals surface area contributed by atoms with Crippen molar-refractivity contribution in [2.24, 2.45) is 0 Å². The highest BCUT2D eigenvalue weighted by molar-refractivity contribution is 7.99. The van der Waals surface area contributed by atoms with Gasteiger partial charge < -0.3 is 9.15 Å². The second-order valence-electron chi connectivity index (χ2n) is 3.86. The fraction of sp³-hybridized carbons (Fsp3) is 0.385. The standard InChI is InChI=1S/C13H16N2O2S2/c1-10-5-3-4-6-11(10)16-7-8-19-13-15-14-12(17-13)9-18-2/h3-6H,7-9H2,1-2H3. The van der Waals surface area contributed by atoms with E-state index >= 15 is 0 Å². The maximum atomic E-state index is 5.70. The van der Waals surface area contributed by atoms with Gasteiger partial charge in [-0.2, -0.15) is 11.8 Å². The molecule has 0 saturated carbocycles. The van der Waals surface area contributed by atoms with E-state index < -0.39 is 0 Å². The highest BCUT2D eigenvalue weighted by atomic mass is 32.2. The lowest BCUT2D eigenvalue weighted by molar-refractivity contribution is 0.340. The molecule has 0 aliphatic rings. The van der Waals surface area contributed by atoms with Crippen LogP contribution in [0.1, 0.15) is 11.5 Å². The molecule has 2 rings (SSSR count). The molecular formula is C13H16N2O2S2. The maximum Gasteiger partial charge on any atom is 0.276 e. The van der Waals surface area contributed by atoms with Gasteiger partial charge in [-0.1, -0.05) is 30.0 Å². The van der Waals surface area contributed by atoms with Gasteiger partial charge in [-0.25, -0.2) is 0 Å². The lowest BCUT2D eigenvalue weighted by Crippen LogP contribution is -2.01. The molecule has 1 aromatic carbocycles. The fourth-order valence-electron chi connectivity index (χ4n) is 1.48. The number of ether oxygens (including phenoxy) is 1. The molecular weight excluding hydrogens is 280 g/mol. The summed E-state index contributed by atoms with van der Waals surface area (Å²) in [7, 11) is 0. The highest BCUT2D eigenvalue weighted by Crippen LogP contribution is 2.20. The minimum atomic E-state index is 0.609. The van der Waals surface area contributed by atoms with Gasteiger partial charge in [-0.05, 0) is 24.8 Å². The monoisotopic (exact) mass is 296 g/mol. The number of aryl methyl sites for hydroxylation is 1. The van der Waals surface area contributed by atoms with Crippen molar-refractivity contribution < 1.29 is 9.15 Å². The molecule has 0 aliphatic carbocycles. The summed E-state index contributed by atoms with van der Waals surface area (Å²) in [6.45, 7) is 2.66. The molecule has 0 amide bonds. The summed E-state index contributed by atoms with van der Waals surface area (Å²) < 4.78 is 11.2. The zero-order valence-electron chi connectivity index (χ0n) is 11.0. The van der Waals surface area contributed by atoms with Crippen molar-refractivity contribution in [1.82, 2.24) is 10.2 Å². The van der Waals surface area contributed by atoms with Crippen LogP contribution in [0.2, 0.25) is 0 Å². The van der Waals surface area contributed by atoms with Crippen LogP contribution in [-0.4, -0.2) is 28.8 Å². The number of nitrogens with zero attached hydrogens (tertiary/aromatic N) is 2. The van der Waals surface area contributed by atoms with E-state index in [2.05, 4.69) is 10.2 Å². The van der Waals surface area contributed by atoms with Crippen LogP contribution in [-0.2, 0) is 5.75 Å². The van der Waals surface area contributed by atoms with Crippen LogP contribution in [0.15, 0.2) is 33.9 Å². The summed E-state index contributed by atoms with van der Waals surface area (Å²) in [6.07, 6.45) is 2.01. The van der Waals surface area contributed by atoms with E-state index in [1.54, 1.807) is 11.8 Å². The highest BCUT2D eigenvalue weighted by Gasteiger charge is 2.06.